The summed E-state index contributed by atoms with van der Waals surface area (Å²) in [5, 5.41) is 3.38. The number of alkyl halides is 3. The van der Waals surface area contributed by atoms with Gasteiger partial charge in [-0.25, -0.2) is 0 Å². The van der Waals surface area contributed by atoms with E-state index in [1.54, 1.807) is 12.1 Å². The van der Waals surface area contributed by atoms with Crippen molar-refractivity contribution in [2.45, 2.75) is 18.6 Å². The van der Waals surface area contributed by atoms with Crippen molar-refractivity contribution in [3.63, 3.8) is 0 Å². The number of nitrogens with one attached hydrogen (secondary N) is 1. The van der Waals surface area contributed by atoms with Gasteiger partial charge in [0.25, 0.3) is 0 Å². The molecule has 0 radical (unpaired) electrons. The van der Waals surface area contributed by atoms with Gasteiger partial charge in [-0.2, -0.15) is 13.2 Å². The minimum atomic E-state index is -4.25. The second-order valence-corrected chi connectivity index (χ2v) is 4.81. The lowest BCUT2D eigenvalue weighted by molar-refractivity contribution is -0.137. The number of hydrogen-bond donors (Lipinski definition) is 1. The molecule has 1 aromatic rings. The number of rotatable bonds is 2. The molecule has 0 saturated carbocycles. The third-order valence-corrected chi connectivity index (χ3v) is 3.22. The highest BCUT2D eigenvalue weighted by molar-refractivity contribution is 5.25. The smallest absolute Gasteiger partial charge is 0.311 e. The zero-order valence-corrected chi connectivity index (χ0v) is 10.3. The molecule has 2 nitrogen and oxygen atoms in total. The van der Waals surface area contributed by atoms with Gasteiger partial charge in [0.2, 0.25) is 0 Å². The minimum Gasteiger partial charge on any atom is -0.311 e. The van der Waals surface area contributed by atoms with E-state index in [4.69, 9.17) is 0 Å². The van der Waals surface area contributed by atoms with Gasteiger partial charge in [-0.1, -0.05) is 12.1 Å². The molecule has 1 aromatic carbocycles. The van der Waals surface area contributed by atoms with Crippen molar-refractivity contribution >= 4 is 0 Å². The van der Waals surface area contributed by atoms with E-state index >= 15 is 0 Å². The van der Waals surface area contributed by atoms with Crippen LogP contribution in [0.25, 0.3) is 0 Å². The van der Waals surface area contributed by atoms with Crippen LogP contribution >= 0.6 is 0 Å². The van der Waals surface area contributed by atoms with Crippen LogP contribution in [0.5, 0.6) is 0 Å². The lowest BCUT2D eigenvalue weighted by Gasteiger charge is -2.31. The summed E-state index contributed by atoms with van der Waals surface area (Å²) >= 11 is 0. The molecule has 0 bridgehead atoms. The number of benzene rings is 1. The van der Waals surface area contributed by atoms with Gasteiger partial charge in [0.1, 0.15) is 0 Å². The van der Waals surface area contributed by atoms with Crippen LogP contribution < -0.4 is 5.32 Å². The maximum absolute atomic E-state index is 12.4. The third kappa shape index (κ3) is 3.46. The molecule has 1 aliphatic rings. The molecule has 1 heterocycles. The Morgan fingerprint density at radius 1 is 1.28 bits per heavy atom. The Morgan fingerprint density at radius 2 is 1.94 bits per heavy atom. The quantitative estimate of drug-likeness (QED) is 0.874. The van der Waals surface area contributed by atoms with Crippen LogP contribution in [0.1, 0.15) is 11.1 Å². The summed E-state index contributed by atoms with van der Waals surface area (Å²) < 4.78 is 37.2. The molecule has 1 aliphatic heterocycles. The molecule has 18 heavy (non-hydrogen) atoms. The van der Waals surface area contributed by atoms with E-state index in [1.165, 1.54) is 0 Å². The summed E-state index contributed by atoms with van der Waals surface area (Å²) in [5.41, 5.74) is 0.357. The first-order valence-corrected chi connectivity index (χ1v) is 6.03. The summed E-state index contributed by atoms with van der Waals surface area (Å²) in [4.78, 5) is 2.23. The highest BCUT2D eigenvalue weighted by Gasteiger charge is 2.30. The normalized spacial score (nSPS) is 22.1. The molecule has 1 saturated heterocycles. The van der Waals surface area contributed by atoms with Crippen LogP contribution in [0.4, 0.5) is 13.2 Å². The van der Waals surface area contributed by atoms with Crippen LogP contribution in [-0.2, 0) is 12.6 Å². The Morgan fingerprint density at radius 3 is 2.50 bits per heavy atom. The van der Waals surface area contributed by atoms with Gasteiger partial charge in [-0.15, -0.1) is 0 Å². The first kappa shape index (κ1) is 13.4. The van der Waals surface area contributed by atoms with Crippen molar-refractivity contribution in [2.75, 3.05) is 26.7 Å². The maximum Gasteiger partial charge on any atom is 0.416 e. The van der Waals surface area contributed by atoms with Crippen LogP contribution in [0.3, 0.4) is 0 Å². The third-order valence-electron chi connectivity index (χ3n) is 3.22. The highest BCUT2D eigenvalue weighted by Crippen LogP contribution is 2.29. The zero-order valence-electron chi connectivity index (χ0n) is 10.3. The first-order valence-electron chi connectivity index (χ1n) is 6.03. The molecule has 1 atom stereocenters. The molecule has 0 aliphatic carbocycles. The molecule has 5 heteroatoms. The molecule has 1 fully saturated rings. The first-order chi connectivity index (χ1) is 8.45. The molecule has 0 amide bonds. The van der Waals surface area contributed by atoms with E-state index in [0.29, 0.717) is 6.04 Å². The molecule has 1 N–H and O–H groups in total. The van der Waals surface area contributed by atoms with Gasteiger partial charge in [0, 0.05) is 25.7 Å². The molecular weight excluding hydrogens is 241 g/mol. The molecule has 100 valence electrons. The van der Waals surface area contributed by atoms with E-state index in [2.05, 4.69) is 17.3 Å². The monoisotopic (exact) mass is 258 g/mol. The van der Waals surface area contributed by atoms with E-state index in [1.807, 2.05) is 0 Å². The molecule has 0 aromatic heterocycles. The van der Waals surface area contributed by atoms with Crippen LogP contribution in [0, 0.1) is 0 Å². The van der Waals surface area contributed by atoms with Crippen LogP contribution in [0.15, 0.2) is 24.3 Å². The maximum atomic E-state index is 12.4. The van der Waals surface area contributed by atoms with E-state index in [-0.39, 0.29) is 0 Å². The van der Waals surface area contributed by atoms with Gasteiger partial charge in [-0.05, 0) is 31.2 Å². The minimum absolute atomic E-state index is 0.320. The van der Waals surface area contributed by atoms with E-state index in [9.17, 15) is 13.2 Å². The standard InChI is InChI=1S/C13H17F3N2/c1-18-7-6-17-12(9-18)8-10-2-4-11(5-3-10)13(14,15)16/h2-5,12,17H,6-9H2,1H3. The second-order valence-electron chi connectivity index (χ2n) is 4.81. The predicted molar refractivity (Wildman–Crippen MR) is 64.4 cm³/mol. The van der Waals surface area contributed by atoms with Gasteiger partial charge >= 0.3 is 6.18 Å². The van der Waals surface area contributed by atoms with Gasteiger partial charge in [0.15, 0.2) is 0 Å². The number of piperazine rings is 1. The Hall–Kier alpha value is -1.07. The number of likely N-dealkylation sites (N-methyl/N-ethyl adjacent to an activating group) is 1. The van der Waals surface area contributed by atoms with Crippen molar-refractivity contribution in [1.82, 2.24) is 10.2 Å². The number of halogens is 3. The Bertz CT molecular complexity index is 386. The Labute approximate surface area is 105 Å². The molecule has 1 unspecified atom stereocenters. The Balaban J connectivity index is 1.98. The largest absolute Gasteiger partial charge is 0.416 e. The summed E-state index contributed by atoms with van der Waals surface area (Å²) in [6, 6.07) is 5.77. The Kier molecular flexibility index (Phi) is 3.92. The summed E-state index contributed by atoms with van der Waals surface area (Å²) in [5.74, 6) is 0. The summed E-state index contributed by atoms with van der Waals surface area (Å²) in [7, 11) is 2.06. The van der Waals surface area contributed by atoms with Crippen LogP contribution in [0.2, 0.25) is 0 Å². The second kappa shape index (κ2) is 5.28. The lowest BCUT2D eigenvalue weighted by atomic mass is 10.0. The number of nitrogens with zero attached hydrogens (tertiary/aromatic N) is 1. The number of hydrogen-bond acceptors (Lipinski definition) is 2. The predicted octanol–water partition coefficient (Wildman–Crippen LogP) is 2.15. The fourth-order valence-electron chi connectivity index (χ4n) is 2.24. The average molecular weight is 258 g/mol. The summed E-state index contributed by atoms with van der Waals surface area (Å²) in [6.07, 6.45) is -3.48. The molecular formula is C13H17F3N2. The van der Waals surface area contributed by atoms with Crippen molar-refractivity contribution in [1.29, 1.82) is 0 Å². The molecule has 2 rings (SSSR count). The van der Waals surface area contributed by atoms with Crippen LogP contribution in [-0.4, -0.2) is 37.6 Å². The SMILES string of the molecule is CN1CCNC(Cc2ccc(C(F)(F)F)cc2)C1. The van der Waals surface area contributed by atoms with Crippen molar-refractivity contribution in [3.8, 4) is 0 Å². The van der Waals surface area contributed by atoms with Crippen molar-refractivity contribution < 1.29 is 13.2 Å². The average Bonchev–Trinajstić information content (AvgIpc) is 2.28. The summed E-state index contributed by atoms with van der Waals surface area (Å²) in [6.45, 7) is 2.88. The molecule has 0 spiro atoms. The van der Waals surface area contributed by atoms with Gasteiger partial charge in [-0.3, -0.25) is 0 Å². The van der Waals surface area contributed by atoms with Crippen molar-refractivity contribution in [2.24, 2.45) is 0 Å². The fourth-order valence-corrected chi connectivity index (χ4v) is 2.24. The van der Waals surface area contributed by atoms with E-state index in [0.717, 1.165) is 43.8 Å². The fraction of sp³-hybridized carbons (Fsp3) is 0.538. The van der Waals surface area contributed by atoms with Gasteiger partial charge < -0.3 is 10.2 Å². The van der Waals surface area contributed by atoms with Crippen molar-refractivity contribution in [3.05, 3.63) is 35.4 Å². The topological polar surface area (TPSA) is 15.3 Å². The van der Waals surface area contributed by atoms with Gasteiger partial charge in [0.05, 0.1) is 5.56 Å². The zero-order chi connectivity index (χ0) is 13.2. The van der Waals surface area contributed by atoms with E-state index < -0.39 is 11.7 Å². The highest BCUT2D eigenvalue weighted by atomic mass is 19.4. The lowest BCUT2D eigenvalue weighted by Crippen LogP contribution is -2.49.